The Kier molecular flexibility index (Phi) is 5.94. The Morgan fingerprint density at radius 1 is 1.33 bits per heavy atom. The smallest absolute Gasteiger partial charge is 0.321 e. The average molecular weight is 323 g/mol. The van der Waals surface area contributed by atoms with Gasteiger partial charge >= 0.3 is 6.03 Å². The van der Waals surface area contributed by atoms with Gasteiger partial charge in [0.2, 0.25) is 0 Å². The van der Waals surface area contributed by atoms with Gasteiger partial charge in [0.05, 0.1) is 5.69 Å². The van der Waals surface area contributed by atoms with Gasteiger partial charge in [0.15, 0.2) is 10.3 Å². The number of carbonyl (C=O) groups is 1. The maximum atomic E-state index is 11.6. The van der Waals surface area contributed by atoms with Crippen LogP contribution in [0.5, 0.6) is 0 Å². The predicted octanol–water partition coefficient (Wildman–Crippen LogP) is 2.85. The normalized spacial score (nSPS) is 10.4. The molecule has 0 fully saturated rings. The van der Waals surface area contributed by atoms with Gasteiger partial charge in [-0.25, -0.2) is 19.7 Å². The number of aromatic nitrogens is 3. The van der Waals surface area contributed by atoms with Gasteiger partial charge in [-0.3, -0.25) is 5.32 Å². The van der Waals surface area contributed by atoms with E-state index in [1.165, 1.54) is 11.3 Å². The van der Waals surface area contributed by atoms with Gasteiger partial charge < -0.3 is 5.32 Å². The van der Waals surface area contributed by atoms with E-state index in [2.05, 4.69) is 25.6 Å². The van der Waals surface area contributed by atoms with Crippen molar-refractivity contribution in [3.8, 4) is 0 Å². The van der Waals surface area contributed by atoms with E-state index in [0.717, 1.165) is 28.7 Å². The van der Waals surface area contributed by atoms with Gasteiger partial charge in [-0.05, 0) is 26.3 Å². The number of hydrogen-bond acceptors (Lipinski definition) is 6. The minimum atomic E-state index is -0.221. The largest absolute Gasteiger partial charge is 0.338 e. The zero-order chi connectivity index (χ0) is 15.1. The fraction of sp³-hybridized carbons (Fsp3) is 0.385. The second kappa shape index (κ2) is 7.94. The molecule has 0 atom stereocenters. The molecule has 0 aliphatic carbocycles. The molecule has 2 N–H and O–H groups in total. The number of anilines is 1. The number of thioether (sulfide) groups is 1. The number of nitrogens with zero attached hydrogens (tertiary/aromatic N) is 3. The van der Waals surface area contributed by atoms with Gasteiger partial charge in [0.1, 0.15) is 0 Å². The highest BCUT2D eigenvalue weighted by Crippen LogP contribution is 2.14. The molecule has 0 bridgehead atoms. The quantitative estimate of drug-likeness (QED) is 0.485. The van der Waals surface area contributed by atoms with Crippen LogP contribution in [0.15, 0.2) is 22.8 Å². The third kappa shape index (κ3) is 5.68. The molecule has 2 amide bonds. The molecule has 6 nitrogen and oxygen atoms in total. The fourth-order valence-corrected chi connectivity index (χ4v) is 2.98. The molecule has 2 heterocycles. The lowest BCUT2D eigenvalue weighted by atomic mass is 10.5. The summed E-state index contributed by atoms with van der Waals surface area (Å²) < 4.78 is 0. The van der Waals surface area contributed by atoms with Gasteiger partial charge in [-0.1, -0.05) is 11.8 Å². The van der Waals surface area contributed by atoms with Crippen LogP contribution in [-0.2, 0) is 0 Å². The topological polar surface area (TPSA) is 79.8 Å². The van der Waals surface area contributed by atoms with Gasteiger partial charge in [-0.2, -0.15) is 0 Å². The van der Waals surface area contributed by atoms with Crippen LogP contribution in [-0.4, -0.2) is 33.3 Å². The second-order valence-electron chi connectivity index (χ2n) is 4.36. The number of nitrogens with one attached hydrogen (secondary N) is 2. The maximum absolute atomic E-state index is 11.6. The first kappa shape index (κ1) is 15.7. The molecule has 8 heteroatoms. The van der Waals surface area contributed by atoms with Crippen molar-refractivity contribution in [1.82, 2.24) is 20.3 Å². The van der Waals surface area contributed by atoms with E-state index in [0.29, 0.717) is 11.7 Å². The van der Waals surface area contributed by atoms with Crippen LogP contribution in [0, 0.1) is 13.8 Å². The molecular weight excluding hydrogens is 306 g/mol. The summed E-state index contributed by atoms with van der Waals surface area (Å²) in [6.07, 6.45) is 2.61. The lowest BCUT2D eigenvalue weighted by Gasteiger charge is -2.05. The van der Waals surface area contributed by atoms with Crippen molar-refractivity contribution in [2.24, 2.45) is 0 Å². The van der Waals surface area contributed by atoms with Crippen molar-refractivity contribution >= 4 is 34.3 Å². The molecule has 0 spiro atoms. The molecule has 0 saturated carbocycles. The lowest BCUT2D eigenvalue weighted by molar-refractivity contribution is 0.252. The van der Waals surface area contributed by atoms with Crippen LogP contribution >= 0.6 is 23.1 Å². The fourth-order valence-electron chi connectivity index (χ4n) is 1.49. The zero-order valence-corrected chi connectivity index (χ0v) is 13.6. The molecule has 2 rings (SSSR count). The number of thiazole rings is 1. The third-order valence-corrected chi connectivity index (χ3v) is 4.27. The van der Waals surface area contributed by atoms with Crippen molar-refractivity contribution in [2.45, 2.75) is 25.4 Å². The van der Waals surface area contributed by atoms with Gasteiger partial charge in [-0.15, -0.1) is 11.3 Å². The van der Waals surface area contributed by atoms with Gasteiger partial charge in [0.25, 0.3) is 0 Å². The molecule has 0 radical (unpaired) electrons. The summed E-state index contributed by atoms with van der Waals surface area (Å²) in [7, 11) is 0. The molecule has 0 aliphatic rings. The van der Waals surface area contributed by atoms with E-state index < -0.39 is 0 Å². The summed E-state index contributed by atoms with van der Waals surface area (Å²) in [6.45, 7) is 4.44. The Morgan fingerprint density at radius 2 is 2.19 bits per heavy atom. The number of carbonyl (C=O) groups excluding carboxylic acids is 1. The molecular formula is C13H17N5OS2. The van der Waals surface area contributed by atoms with Crippen LogP contribution in [0.25, 0.3) is 0 Å². The highest BCUT2D eigenvalue weighted by atomic mass is 32.2. The SMILES string of the molecule is Cc1ccnc(SCCCNC(=O)Nc2nc(C)cs2)n1. The number of urea groups is 1. The van der Waals surface area contributed by atoms with E-state index in [1.54, 1.807) is 18.0 Å². The Balaban J connectivity index is 1.60. The summed E-state index contributed by atoms with van der Waals surface area (Å²) in [5.41, 5.74) is 1.87. The number of rotatable bonds is 6. The predicted molar refractivity (Wildman–Crippen MR) is 86.0 cm³/mol. The highest BCUT2D eigenvalue weighted by Gasteiger charge is 2.04. The molecule has 0 aromatic carbocycles. The molecule has 21 heavy (non-hydrogen) atoms. The highest BCUT2D eigenvalue weighted by molar-refractivity contribution is 7.99. The molecule has 2 aromatic rings. The van der Waals surface area contributed by atoms with Crippen molar-refractivity contribution in [1.29, 1.82) is 0 Å². The lowest BCUT2D eigenvalue weighted by Crippen LogP contribution is -2.29. The zero-order valence-electron chi connectivity index (χ0n) is 11.9. The van der Waals surface area contributed by atoms with Crippen LogP contribution in [0.3, 0.4) is 0 Å². The minimum absolute atomic E-state index is 0.221. The van der Waals surface area contributed by atoms with Gasteiger partial charge in [0, 0.05) is 29.6 Å². The van der Waals surface area contributed by atoms with Crippen LogP contribution < -0.4 is 10.6 Å². The molecule has 2 aromatic heterocycles. The van der Waals surface area contributed by atoms with Crippen LogP contribution in [0.4, 0.5) is 9.93 Å². The first-order valence-corrected chi connectivity index (χ1v) is 8.39. The monoisotopic (exact) mass is 323 g/mol. The van der Waals surface area contributed by atoms with Crippen LogP contribution in [0.1, 0.15) is 17.8 Å². The van der Waals surface area contributed by atoms with Crippen molar-refractivity contribution in [3.05, 3.63) is 29.0 Å². The van der Waals surface area contributed by atoms with Crippen molar-refractivity contribution in [2.75, 3.05) is 17.6 Å². The number of hydrogen-bond donors (Lipinski definition) is 2. The molecule has 0 unspecified atom stereocenters. The Labute approximate surface area is 131 Å². The second-order valence-corrected chi connectivity index (χ2v) is 6.28. The first-order chi connectivity index (χ1) is 10.1. The summed E-state index contributed by atoms with van der Waals surface area (Å²) >= 11 is 3.01. The Morgan fingerprint density at radius 3 is 2.90 bits per heavy atom. The number of aryl methyl sites for hydroxylation is 2. The maximum Gasteiger partial charge on any atom is 0.321 e. The van der Waals surface area contributed by atoms with Crippen molar-refractivity contribution < 1.29 is 4.79 Å². The Bertz CT molecular complexity index is 602. The summed E-state index contributed by atoms with van der Waals surface area (Å²) in [4.78, 5) is 24.3. The van der Waals surface area contributed by atoms with E-state index >= 15 is 0 Å². The molecule has 0 aliphatic heterocycles. The molecule has 0 saturated heterocycles. The van der Waals surface area contributed by atoms with E-state index in [-0.39, 0.29) is 6.03 Å². The number of amides is 2. The minimum Gasteiger partial charge on any atom is -0.338 e. The van der Waals surface area contributed by atoms with E-state index in [9.17, 15) is 4.79 Å². The Hall–Kier alpha value is -1.67. The average Bonchev–Trinajstić information content (AvgIpc) is 2.84. The first-order valence-electron chi connectivity index (χ1n) is 6.53. The van der Waals surface area contributed by atoms with E-state index in [1.807, 2.05) is 25.3 Å². The third-order valence-electron chi connectivity index (χ3n) is 2.45. The molecule has 112 valence electrons. The standard InChI is InChI=1S/C13H17N5OS2/c1-9-4-6-15-12(16-9)20-7-3-5-14-11(19)18-13-17-10(2)8-21-13/h4,6,8H,3,5,7H2,1-2H3,(H2,14,17,18,19). The summed E-state index contributed by atoms with van der Waals surface area (Å²) in [5.74, 6) is 0.861. The van der Waals surface area contributed by atoms with E-state index in [4.69, 9.17) is 0 Å². The summed E-state index contributed by atoms with van der Waals surface area (Å²) in [6, 6.07) is 1.65. The summed E-state index contributed by atoms with van der Waals surface area (Å²) in [5, 5.41) is 8.80. The van der Waals surface area contributed by atoms with Crippen LogP contribution in [0.2, 0.25) is 0 Å². The van der Waals surface area contributed by atoms with Crippen molar-refractivity contribution in [3.63, 3.8) is 0 Å².